The summed E-state index contributed by atoms with van der Waals surface area (Å²) in [5.41, 5.74) is 7.66. The maximum Gasteiger partial charge on any atom is 0.307 e. The summed E-state index contributed by atoms with van der Waals surface area (Å²) < 4.78 is 35.5. The summed E-state index contributed by atoms with van der Waals surface area (Å²) in [6.07, 6.45) is 2.60. The summed E-state index contributed by atoms with van der Waals surface area (Å²) in [7, 11) is -2.25. The third-order valence-corrected chi connectivity index (χ3v) is 7.58. The second-order valence-corrected chi connectivity index (χ2v) is 10.7. The number of nitrogens with one attached hydrogen (secondary N) is 1. The molecule has 9 heteroatoms. The number of pyridine rings is 2. The maximum atomic E-state index is 10.4. The van der Waals surface area contributed by atoms with Gasteiger partial charge in [0.15, 0.2) is 16.6 Å². The van der Waals surface area contributed by atoms with Crippen molar-refractivity contribution >= 4 is 43.4 Å². The van der Waals surface area contributed by atoms with Gasteiger partial charge in [-0.25, -0.2) is 13.0 Å². The number of hydrogen-bond acceptors (Lipinski definition) is 6. The lowest BCUT2D eigenvalue weighted by molar-refractivity contribution is -0.618. The molecule has 0 atom stereocenters. The fourth-order valence-corrected chi connectivity index (χ4v) is 5.29. The molecule has 3 aromatic heterocycles. The first-order valence-corrected chi connectivity index (χ1v) is 14.1. The van der Waals surface area contributed by atoms with Crippen molar-refractivity contribution in [1.82, 2.24) is 9.38 Å². The summed E-state index contributed by atoms with van der Waals surface area (Å²) in [4.78, 5) is 4.22. The number of imidazole rings is 1. The van der Waals surface area contributed by atoms with Crippen LogP contribution in [0.1, 0.15) is 16.8 Å². The molecule has 3 heterocycles. The predicted molar refractivity (Wildman–Crippen MR) is 154 cm³/mol. The lowest BCUT2D eigenvalue weighted by Gasteiger charge is -2.11. The van der Waals surface area contributed by atoms with Crippen molar-refractivity contribution in [2.75, 3.05) is 11.9 Å². The van der Waals surface area contributed by atoms with Crippen molar-refractivity contribution in [1.29, 1.82) is 5.26 Å². The Hall–Kier alpha value is -4.78. The van der Waals surface area contributed by atoms with Crippen LogP contribution in [0.3, 0.4) is 0 Å². The lowest BCUT2D eigenvalue weighted by Crippen LogP contribution is -2.28. The number of benzene rings is 3. The smallest absolute Gasteiger partial charge is 0.307 e. The monoisotopic (exact) mass is 549 g/mol. The van der Waals surface area contributed by atoms with Crippen LogP contribution in [0.15, 0.2) is 102 Å². The van der Waals surface area contributed by atoms with Crippen molar-refractivity contribution in [2.24, 2.45) is 7.05 Å². The first-order chi connectivity index (χ1) is 19.3. The molecular formula is C31H27N5O3S. The SMILES string of the molecule is C[n+]1c2ccccc2n2c3ccccc3c(NCCc3ccccn3)c(C#N)c21.Cc1ccc(S(=O)(=O)[O-])cc1. The van der Waals surface area contributed by atoms with Crippen molar-refractivity contribution in [3.8, 4) is 6.07 Å². The summed E-state index contributed by atoms with van der Waals surface area (Å²) in [5.74, 6) is 0. The van der Waals surface area contributed by atoms with Gasteiger partial charge in [-0.3, -0.25) is 4.98 Å². The number of aromatic nitrogens is 3. The molecule has 40 heavy (non-hydrogen) atoms. The molecule has 0 unspecified atom stereocenters. The van der Waals surface area contributed by atoms with Gasteiger partial charge >= 0.3 is 5.65 Å². The molecule has 0 spiro atoms. The highest BCUT2D eigenvalue weighted by Crippen LogP contribution is 2.32. The highest BCUT2D eigenvalue weighted by atomic mass is 32.2. The van der Waals surface area contributed by atoms with Gasteiger partial charge in [0.1, 0.15) is 21.7 Å². The number of para-hydroxylation sites is 3. The molecule has 0 aliphatic carbocycles. The van der Waals surface area contributed by atoms with Gasteiger partial charge in [-0.2, -0.15) is 9.66 Å². The number of anilines is 1. The molecule has 0 radical (unpaired) electrons. The molecule has 0 saturated carbocycles. The van der Waals surface area contributed by atoms with Crippen molar-refractivity contribution in [3.63, 3.8) is 0 Å². The molecule has 0 saturated heterocycles. The Morgan fingerprint density at radius 3 is 2.30 bits per heavy atom. The topological polar surface area (TPSA) is 114 Å². The molecule has 6 aromatic rings. The molecule has 8 nitrogen and oxygen atoms in total. The van der Waals surface area contributed by atoms with Gasteiger partial charge in [-0.15, -0.1) is 0 Å². The van der Waals surface area contributed by atoms with Gasteiger partial charge in [-0.1, -0.05) is 48.0 Å². The molecule has 0 amide bonds. The van der Waals surface area contributed by atoms with Crippen molar-refractivity contribution in [2.45, 2.75) is 18.2 Å². The molecule has 0 fully saturated rings. The average molecular weight is 550 g/mol. The van der Waals surface area contributed by atoms with E-state index in [9.17, 15) is 18.2 Å². The number of nitrogens with zero attached hydrogens (tertiary/aromatic N) is 4. The van der Waals surface area contributed by atoms with Crippen LogP contribution in [0.4, 0.5) is 5.69 Å². The minimum absolute atomic E-state index is 0.178. The second kappa shape index (κ2) is 11.1. The number of nitriles is 1. The van der Waals surface area contributed by atoms with Gasteiger partial charge in [-0.05, 0) is 55.5 Å². The van der Waals surface area contributed by atoms with E-state index >= 15 is 0 Å². The molecule has 200 valence electrons. The zero-order valence-corrected chi connectivity index (χ0v) is 22.9. The van der Waals surface area contributed by atoms with Crippen LogP contribution in [0, 0.1) is 18.3 Å². The van der Waals surface area contributed by atoms with Crippen LogP contribution in [0.25, 0.3) is 27.6 Å². The third-order valence-electron chi connectivity index (χ3n) is 6.73. The minimum Gasteiger partial charge on any atom is -0.744 e. The Bertz CT molecular complexity index is 1980. The van der Waals surface area contributed by atoms with Crippen molar-refractivity contribution < 1.29 is 17.5 Å². The maximum absolute atomic E-state index is 10.4. The van der Waals surface area contributed by atoms with E-state index in [-0.39, 0.29) is 4.90 Å². The van der Waals surface area contributed by atoms with Gasteiger partial charge in [0, 0.05) is 30.2 Å². The van der Waals surface area contributed by atoms with Crippen molar-refractivity contribution in [3.05, 3.63) is 114 Å². The summed E-state index contributed by atoms with van der Waals surface area (Å²) in [5, 5.41) is 14.7. The molecule has 0 aliphatic heterocycles. The number of aryl methyl sites for hydroxylation is 2. The Balaban J connectivity index is 0.000000248. The van der Waals surface area contributed by atoms with E-state index in [0.717, 1.165) is 50.9 Å². The number of rotatable bonds is 5. The summed E-state index contributed by atoms with van der Waals surface area (Å²) in [6.45, 7) is 2.52. The van der Waals surface area contributed by atoms with Gasteiger partial charge in [0.25, 0.3) is 0 Å². The van der Waals surface area contributed by atoms with E-state index in [4.69, 9.17) is 0 Å². The van der Waals surface area contributed by atoms with E-state index < -0.39 is 10.1 Å². The van der Waals surface area contributed by atoms with Crippen LogP contribution in [0.5, 0.6) is 0 Å². The predicted octanol–water partition coefficient (Wildman–Crippen LogP) is 4.89. The Morgan fingerprint density at radius 2 is 1.62 bits per heavy atom. The molecule has 3 aromatic carbocycles. The largest absolute Gasteiger partial charge is 0.744 e. The van der Waals surface area contributed by atoms with Gasteiger partial charge in [0.05, 0.1) is 17.6 Å². The molecule has 0 aliphatic rings. The zero-order valence-electron chi connectivity index (χ0n) is 22.1. The van der Waals surface area contributed by atoms with E-state index in [1.807, 2.05) is 62.6 Å². The van der Waals surface area contributed by atoms with Crippen LogP contribution in [0.2, 0.25) is 0 Å². The number of hydrogen-bond donors (Lipinski definition) is 1. The molecule has 0 bridgehead atoms. The van der Waals surface area contributed by atoms with Crippen LogP contribution in [-0.4, -0.2) is 28.9 Å². The van der Waals surface area contributed by atoms with Gasteiger partial charge in [0.2, 0.25) is 0 Å². The highest BCUT2D eigenvalue weighted by molar-refractivity contribution is 7.85. The van der Waals surface area contributed by atoms with Crippen LogP contribution in [-0.2, 0) is 23.6 Å². The van der Waals surface area contributed by atoms with Crippen LogP contribution < -0.4 is 9.88 Å². The number of fused-ring (bicyclic) bond motifs is 5. The normalized spacial score (nSPS) is 11.2. The Kier molecular flexibility index (Phi) is 7.47. The average Bonchev–Trinajstić information content (AvgIpc) is 3.26. The molecule has 6 rings (SSSR count). The molecular weight excluding hydrogens is 522 g/mol. The lowest BCUT2D eigenvalue weighted by atomic mass is 10.1. The highest BCUT2D eigenvalue weighted by Gasteiger charge is 2.26. The Morgan fingerprint density at radius 1 is 0.950 bits per heavy atom. The Labute approximate surface area is 232 Å². The fourth-order valence-electron chi connectivity index (χ4n) is 4.82. The van der Waals surface area contributed by atoms with E-state index in [0.29, 0.717) is 12.1 Å². The molecule has 1 N–H and O–H groups in total. The van der Waals surface area contributed by atoms with E-state index in [2.05, 4.69) is 49.6 Å². The first-order valence-electron chi connectivity index (χ1n) is 12.7. The second-order valence-electron chi connectivity index (χ2n) is 9.35. The quantitative estimate of drug-likeness (QED) is 0.242. The minimum atomic E-state index is -4.27. The zero-order chi connectivity index (χ0) is 28.3. The van der Waals surface area contributed by atoms with E-state index in [1.165, 1.54) is 12.1 Å². The summed E-state index contributed by atoms with van der Waals surface area (Å²) in [6, 6.07) is 30.7. The fraction of sp³-hybridized carbons (Fsp3) is 0.129. The standard InChI is InChI=1S/C24H19N5.C7H8O3S/c1-28-21-11-4-5-12-22(21)29-20-10-3-2-9-18(20)23(19(16-25)24(28)29)27-15-13-17-8-6-7-14-26-17;1-6-2-4-7(5-3-6)11(8,9)10/h2-12,14H,13,15H2,1H3;2-5H,1H3,(H,8,9,10). The van der Waals surface area contributed by atoms with Gasteiger partial charge < -0.3 is 9.87 Å². The van der Waals surface area contributed by atoms with E-state index in [1.54, 1.807) is 12.1 Å². The third kappa shape index (κ3) is 5.23. The van der Waals surface area contributed by atoms with Crippen LogP contribution >= 0.6 is 0 Å². The summed E-state index contributed by atoms with van der Waals surface area (Å²) >= 11 is 0. The first kappa shape index (κ1) is 26.8.